The average Bonchev–Trinajstić information content (AvgIpc) is 3.13. The van der Waals surface area contributed by atoms with Crippen LogP contribution in [-0.4, -0.2) is 73.4 Å². The van der Waals surface area contributed by atoms with Crippen LogP contribution < -0.4 is 5.32 Å². The summed E-state index contributed by atoms with van der Waals surface area (Å²) in [5.74, 6) is -0.151. The molecule has 8 nitrogen and oxygen atoms in total. The van der Waals surface area contributed by atoms with Gasteiger partial charge in [-0.1, -0.05) is 219 Å². The Labute approximate surface area is 342 Å². The topological polar surface area (TPSA) is 105 Å². The molecule has 3 N–H and O–H groups in total. The fourth-order valence-corrected chi connectivity index (χ4v) is 8.02. The SMILES string of the molecule is CCCCCCCCCCCCCCCCCCCCCCCCCCCCCCCCC(=O)NC(COP(=O)(O)OCC[N+](C)(C)C)C(O)CCCCC. The first-order chi connectivity index (χ1) is 26.5. The molecule has 3 atom stereocenters. The minimum absolute atomic E-state index is 0.0764. The number of carbonyl (C=O) groups is 1. The van der Waals surface area contributed by atoms with Gasteiger partial charge in [-0.15, -0.1) is 0 Å². The van der Waals surface area contributed by atoms with Crippen LogP contribution in [0.2, 0.25) is 0 Å². The van der Waals surface area contributed by atoms with Crippen molar-refractivity contribution in [3.63, 3.8) is 0 Å². The molecule has 0 saturated heterocycles. The van der Waals surface area contributed by atoms with Gasteiger partial charge >= 0.3 is 7.82 Å². The van der Waals surface area contributed by atoms with Gasteiger partial charge in [-0.05, 0) is 12.8 Å². The Balaban J connectivity index is 3.69. The quantitative estimate of drug-likeness (QED) is 0.0322. The molecule has 0 aromatic rings. The third kappa shape index (κ3) is 41.5. The number of nitrogens with zero attached hydrogens (tertiary/aromatic N) is 1. The van der Waals surface area contributed by atoms with Crippen molar-refractivity contribution in [3.8, 4) is 0 Å². The summed E-state index contributed by atoms with van der Waals surface area (Å²) in [6, 6.07) is -0.750. The van der Waals surface area contributed by atoms with E-state index in [-0.39, 0.29) is 19.1 Å². The molecule has 0 aromatic heterocycles. The molecule has 0 aliphatic carbocycles. The molecule has 0 saturated carbocycles. The van der Waals surface area contributed by atoms with Crippen LogP contribution in [0.4, 0.5) is 0 Å². The van der Waals surface area contributed by atoms with Gasteiger partial charge in [0.1, 0.15) is 13.2 Å². The highest BCUT2D eigenvalue weighted by Gasteiger charge is 2.28. The van der Waals surface area contributed by atoms with E-state index in [1.54, 1.807) is 0 Å². The molecule has 3 unspecified atom stereocenters. The van der Waals surface area contributed by atoms with Crippen LogP contribution in [0, 0.1) is 0 Å². The van der Waals surface area contributed by atoms with Gasteiger partial charge < -0.3 is 19.8 Å². The monoisotopic (exact) mass is 804 g/mol. The molecule has 0 aliphatic heterocycles. The van der Waals surface area contributed by atoms with Gasteiger partial charge in [0.2, 0.25) is 5.91 Å². The summed E-state index contributed by atoms with van der Waals surface area (Å²) in [6.07, 6.45) is 43.9. The van der Waals surface area contributed by atoms with Crippen molar-refractivity contribution in [2.45, 2.75) is 251 Å². The number of likely N-dealkylation sites (N-methyl/N-ethyl adjacent to an activating group) is 1. The zero-order valence-electron chi connectivity index (χ0n) is 37.4. The molecule has 0 aromatic carbocycles. The molecule has 0 heterocycles. The molecule has 0 rings (SSSR count). The van der Waals surface area contributed by atoms with E-state index in [1.807, 2.05) is 21.1 Å². The summed E-state index contributed by atoms with van der Waals surface area (Å²) in [5.41, 5.74) is 0. The lowest BCUT2D eigenvalue weighted by Gasteiger charge is -2.26. The molecular weight excluding hydrogens is 707 g/mol. The number of phosphoric acid groups is 1. The van der Waals surface area contributed by atoms with Gasteiger partial charge in [0.25, 0.3) is 0 Å². The molecule has 0 aliphatic rings. The predicted molar refractivity (Wildman–Crippen MR) is 236 cm³/mol. The molecule has 330 valence electrons. The lowest BCUT2D eigenvalue weighted by Crippen LogP contribution is -2.46. The lowest BCUT2D eigenvalue weighted by molar-refractivity contribution is -0.870. The molecular formula is C46H96N2O6P+. The summed E-state index contributed by atoms with van der Waals surface area (Å²) in [6.45, 7) is 4.75. The van der Waals surface area contributed by atoms with Crippen LogP contribution in [-0.2, 0) is 18.4 Å². The van der Waals surface area contributed by atoms with E-state index in [0.717, 1.165) is 38.5 Å². The Hall–Kier alpha value is -0.500. The highest BCUT2D eigenvalue weighted by atomic mass is 31.2. The normalized spacial score (nSPS) is 14.2. The van der Waals surface area contributed by atoms with Gasteiger partial charge in [0.05, 0.1) is 39.9 Å². The Morgan fingerprint density at radius 2 is 0.873 bits per heavy atom. The average molecular weight is 804 g/mol. The standard InChI is InChI=1S/C46H95N2O6P/c1-6-8-10-11-12-13-14-15-16-17-18-19-20-21-22-23-24-25-26-27-28-29-30-31-32-33-34-35-36-38-40-46(50)47-44(45(49)39-37-9-7-2)43-54-55(51,52)53-42-41-48(3,4)5/h44-45,49H,6-43H2,1-5H3,(H-,47,50,51,52)/p+1. The Bertz CT molecular complexity index is 870. The first-order valence-electron chi connectivity index (χ1n) is 23.9. The second-order valence-electron chi connectivity index (χ2n) is 17.9. The maximum absolute atomic E-state index is 12.7. The van der Waals surface area contributed by atoms with Crippen LogP contribution in [0.5, 0.6) is 0 Å². The molecule has 1 amide bonds. The molecule has 0 spiro atoms. The number of phosphoric ester groups is 1. The number of unbranched alkanes of at least 4 members (excludes halogenated alkanes) is 31. The molecule has 0 radical (unpaired) electrons. The number of quaternary nitrogens is 1. The fraction of sp³-hybridized carbons (Fsp3) is 0.978. The molecule has 0 fully saturated rings. The molecule has 9 heteroatoms. The minimum Gasteiger partial charge on any atom is -0.391 e. The Morgan fingerprint density at radius 3 is 1.22 bits per heavy atom. The largest absolute Gasteiger partial charge is 0.472 e. The van der Waals surface area contributed by atoms with Crippen LogP contribution in [0.1, 0.15) is 239 Å². The second kappa shape index (κ2) is 39.0. The van der Waals surface area contributed by atoms with Crippen molar-refractivity contribution in [2.24, 2.45) is 0 Å². The molecule has 0 bridgehead atoms. The van der Waals surface area contributed by atoms with Gasteiger partial charge in [-0.2, -0.15) is 0 Å². The maximum atomic E-state index is 12.7. The summed E-state index contributed by atoms with van der Waals surface area (Å²) < 4.78 is 23.3. The zero-order valence-corrected chi connectivity index (χ0v) is 38.3. The van der Waals surface area contributed by atoms with E-state index >= 15 is 0 Å². The fourth-order valence-electron chi connectivity index (χ4n) is 7.28. The third-order valence-electron chi connectivity index (χ3n) is 11.1. The predicted octanol–water partition coefficient (Wildman–Crippen LogP) is 13.4. The van der Waals surface area contributed by atoms with Gasteiger partial charge in [0, 0.05) is 6.42 Å². The van der Waals surface area contributed by atoms with E-state index in [4.69, 9.17) is 9.05 Å². The summed E-state index contributed by atoms with van der Waals surface area (Å²) >= 11 is 0. The van der Waals surface area contributed by atoms with Crippen molar-refractivity contribution in [3.05, 3.63) is 0 Å². The zero-order chi connectivity index (χ0) is 40.7. The number of nitrogens with one attached hydrogen (secondary N) is 1. The van der Waals surface area contributed by atoms with Crippen LogP contribution >= 0.6 is 7.82 Å². The Morgan fingerprint density at radius 1 is 0.545 bits per heavy atom. The van der Waals surface area contributed by atoms with Crippen LogP contribution in [0.3, 0.4) is 0 Å². The first kappa shape index (κ1) is 54.5. The van der Waals surface area contributed by atoms with Gasteiger partial charge in [0.15, 0.2) is 0 Å². The number of carbonyl (C=O) groups excluding carboxylic acids is 1. The number of amides is 1. The van der Waals surface area contributed by atoms with E-state index in [9.17, 15) is 19.4 Å². The minimum atomic E-state index is -4.28. The van der Waals surface area contributed by atoms with Crippen LogP contribution in [0.25, 0.3) is 0 Å². The number of aliphatic hydroxyl groups is 1. The third-order valence-corrected chi connectivity index (χ3v) is 12.1. The van der Waals surface area contributed by atoms with Crippen molar-refractivity contribution in [1.82, 2.24) is 5.32 Å². The van der Waals surface area contributed by atoms with Gasteiger partial charge in [-0.3, -0.25) is 13.8 Å². The highest BCUT2D eigenvalue weighted by molar-refractivity contribution is 7.47. The van der Waals surface area contributed by atoms with Crippen molar-refractivity contribution < 1.29 is 32.9 Å². The van der Waals surface area contributed by atoms with Crippen molar-refractivity contribution >= 4 is 13.7 Å². The maximum Gasteiger partial charge on any atom is 0.472 e. The van der Waals surface area contributed by atoms with Crippen molar-refractivity contribution in [1.29, 1.82) is 0 Å². The molecule has 55 heavy (non-hydrogen) atoms. The van der Waals surface area contributed by atoms with Crippen molar-refractivity contribution in [2.75, 3.05) is 40.9 Å². The van der Waals surface area contributed by atoms with Crippen LogP contribution in [0.15, 0.2) is 0 Å². The summed E-state index contributed by atoms with van der Waals surface area (Å²) in [4.78, 5) is 22.8. The number of aliphatic hydroxyl groups excluding tert-OH is 1. The smallest absolute Gasteiger partial charge is 0.391 e. The van der Waals surface area contributed by atoms with E-state index < -0.39 is 20.0 Å². The second-order valence-corrected chi connectivity index (χ2v) is 19.3. The van der Waals surface area contributed by atoms with Gasteiger partial charge in [-0.25, -0.2) is 4.57 Å². The van der Waals surface area contributed by atoms with E-state index in [1.165, 1.54) is 173 Å². The Kier molecular flexibility index (Phi) is 38.6. The number of rotatable bonds is 44. The highest BCUT2D eigenvalue weighted by Crippen LogP contribution is 2.43. The summed E-state index contributed by atoms with van der Waals surface area (Å²) in [5, 5.41) is 13.6. The first-order valence-corrected chi connectivity index (χ1v) is 25.4. The number of hydrogen-bond donors (Lipinski definition) is 3. The number of hydrogen-bond acceptors (Lipinski definition) is 5. The van der Waals surface area contributed by atoms with E-state index in [2.05, 4.69) is 19.2 Å². The van der Waals surface area contributed by atoms with E-state index in [0.29, 0.717) is 23.9 Å². The lowest BCUT2D eigenvalue weighted by atomic mass is 10.0. The summed E-state index contributed by atoms with van der Waals surface area (Å²) in [7, 11) is 1.62.